The van der Waals surface area contributed by atoms with Crippen LogP contribution in [0, 0.1) is 0 Å². The van der Waals surface area contributed by atoms with Crippen molar-refractivity contribution in [1.29, 1.82) is 0 Å². The van der Waals surface area contributed by atoms with E-state index in [1.54, 1.807) is 24.3 Å². The van der Waals surface area contributed by atoms with Gasteiger partial charge in [0.15, 0.2) is 5.71 Å². The maximum absolute atomic E-state index is 13.2. The number of esters is 2. The van der Waals surface area contributed by atoms with Crippen molar-refractivity contribution in [2.75, 3.05) is 26.3 Å². The Kier molecular flexibility index (Phi) is 4.95. The average Bonchev–Trinajstić information content (AvgIpc) is 2.68. The maximum Gasteiger partial charge on any atom is 0.355 e. The van der Waals surface area contributed by atoms with Crippen molar-refractivity contribution in [3.8, 4) is 5.69 Å². The fourth-order valence-corrected chi connectivity index (χ4v) is 2.90. The summed E-state index contributed by atoms with van der Waals surface area (Å²) in [6, 6.07) is 6.43. The molecule has 0 spiro atoms. The van der Waals surface area contributed by atoms with Crippen molar-refractivity contribution in [2.24, 2.45) is 5.10 Å². The van der Waals surface area contributed by atoms with Gasteiger partial charge in [0.25, 0.3) is 5.56 Å². The molecule has 3 rings (SSSR count). The number of carbonyl (C=O) groups is 2. The van der Waals surface area contributed by atoms with E-state index in [0.29, 0.717) is 10.7 Å². The Hall–Kier alpha value is -3.20. The number of anilines is 1. The molecule has 1 atom stereocenters. The third-order valence-corrected chi connectivity index (χ3v) is 4.32. The summed E-state index contributed by atoms with van der Waals surface area (Å²) in [5.74, 6) is -2.97. The number of methoxy groups -OCH3 is 2. The SMILES string of the molecule is COC(=O)C1=NN(C)c2cnn(-c3ccc(Cl)cc3)c(=O)c2C1C(=O)OC. The Balaban J connectivity index is 2.25. The first kappa shape index (κ1) is 18.6. The molecule has 1 aliphatic rings. The lowest BCUT2D eigenvalue weighted by Gasteiger charge is -2.27. The van der Waals surface area contributed by atoms with Gasteiger partial charge in [-0.05, 0) is 24.3 Å². The lowest BCUT2D eigenvalue weighted by Crippen LogP contribution is -2.42. The number of nitrogens with zero attached hydrogens (tertiary/aromatic N) is 4. The van der Waals surface area contributed by atoms with Gasteiger partial charge in [0.1, 0.15) is 5.92 Å². The minimum Gasteiger partial charge on any atom is -0.468 e. The van der Waals surface area contributed by atoms with Gasteiger partial charge in [-0.1, -0.05) is 11.6 Å². The number of halogens is 1. The van der Waals surface area contributed by atoms with Crippen LogP contribution >= 0.6 is 11.6 Å². The predicted molar refractivity (Wildman–Crippen MR) is 97.5 cm³/mol. The number of aromatic nitrogens is 2. The van der Waals surface area contributed by atoms with E-state index in [1.165, 1.54) is 18.3 Å². The molecule has 10 heteroatoms. The highest BCUT2D eigenvalue weighted by Crippen LogP contribution is 2.31. The molecular formula is C17H15ClN4O5. The van der Waals surface area contributed by atoms with Gasteiger partial charge in [0.05, 0.1) is 37.4 Å². The largest absolute Gasteiger partial charge is 0.468 e. The van der Waals surface area contributed by atoms with Crippen molar-refractivity contribution < 1.29 is 19.1 Å². The Labute approximate surface area is 158 Å². The van der Waals surface area contributed by atoms with Crippen LogP contribution in [0.1, 0.15) is 11.5 Å². The highest BCUT2D eigenvalue weighted by atomic mass is 35.5. The number of fused-ring (bicyclic) bond motifs is 1. The van der Waals surface area contributed by atoms with Crippen LogP contribution in [0.15, 0.2) is 40.4 Å². The minimum atomic E-state index is -1.33. The fraction of sp³-hybridized carbons (Fsp3) is 0.235. The Morgan fingerprint density at radius 2 is 1.81 bits per heavy atom. The predicted octanol–water partition coefficient (Wildman–Crippen LogP) is 1.12. The van der Waals surface area contributed by atoms with Gasteiger partial charge in [-0.15, -0.1) is 0 Å². The van der Waals surface area contributed by atoms with Gasteiger partial charge in [-0.3, -0.25) is 14.6 Å². The molecule has 27 heavy (non-hydrogen) atoms. The second-order valence-electron chi connectivity index (χ2n) is 5.59. The summed E-state index contributed by atoms with van der Waals surface area (Å²) < 4.78 is 10.6. The molecule has 1 aromatic carbocycles. The number of carbonyl (C=O) groups excluding carboxylic acids is 2. The molecule has 0 bridgehead atoms. The summed E-state index contributed by atoms with van der Waals surface area (Å²) in [4.78, 5) is 37.7. The molecule has 2 aromatic rings. The van der Waals surface area contributed by atoms with Crippen LogP contribution in [0.25, 0.3) is 5.69 Å². The van der Waals surface area contributed by atoms with Crippen molar-refractivity contribution in [1.82, 2.24) is 9.78 Å². The molecule has 0 fully saturated rings. The van der Waals surface area contributed by atoms with Crippen LogP contribution in [0.2, 0.25) is 5.02 Å². The zero-order valence-electron chi connectivity index (χ0n) is 14.7. The lowest BCUT2D eigenvalue weighted by molar-refractivity contribution is -0.142. The molecule has 1 aromatic heterocycles. The molecule has 0 aliphatic carbocycles. The second kappa shape index (κ2) is 7.20. The van der Waals surface area contributed by atoms with E-state index < -0.39 is 23.4 Å². The highest BCUT2D eigenvalue weighted by Gasteiger charge is 2.41. The molecule has 0 saturated heterocycles. The summed E-state index contributed by atoms with van der Waals surface area (Å²) >= 11 is 5.88. The number of hydrazone groups is 1. The number of hydrogen-bond donors (Lipinski definition) is 0. The molecule has 9 nitrogen and oxygen atoms in total. The monoisotopic (exact) mass is 390 g/mol. The molecule has 0 N–H and O–H groups in total. The van der Waals surface area contributed by atoms with E-state index in [0.717, 1.165) is 18.9 Å². The number of benzene rings is 1. The Bertz CT molecular complexity index is 999. The summed E-state index contributed by atoms with van der Waals surface area (Å²) in [6.07, 6.45) is 1.39. The Morgan fingerprint density at radius 3 is 2.41 bits per heavy atom. The van der Waals surface area contributed by atoms with Crippen molar-refractivity contribution >= 4 is 34.9 Å². The van der Waals surface area contributed by atoms with Crippen LogP contribution in [0.5, 0.6) is 0 Å². The number of rotatable bonds is 3. The van der Waals surface area contributed by atoms with E-state index in [-0.39, 0.29) is 17.0 Å². The van der Waals surface area contributed by atoms with E-state index >= 15 is 0 Å². The third-order valence-electron chi connectivity index (χ3n) is 4.07. The summed E-state index contributed by atoms with van der Waals surface area (Å²) in [6.45, 7) is 0. The quantitative estimate of drug-likeness (QED) is 0.723. The summed E-state index contributed by atoms with van der Waals surface area (Å²) in [5.41, 5.74) is -0.0859. The molecule has 2 heterocycles. The first-order valence-corrected chi connectivity index (χ1v) is 8.13. The summed E-state index contributed by atoms with van der Waals surface area (Å²) in [7, 11) is 3.85. The van der Waals surface area contributed by atoms with E-state index in [4.69, 9.17) is 21.1 Å². The summed E-state index contributed by atoms with van der Waals surface area (Å²) in [5, 5.41) is 9.99. The third kappa shape index (κ3) is 3.17. The zero-order chi connectivity index (χ0) is 19.7. The molecule has 140 valence electrons. The van der Waals surface area contributed by atoms with Gasteiger partial charge in [0, 0.05) is 12.1 Å². The molecule has 1 aliphatic heterocycles. The van der Waals surface area contributed by atoms with E-state index in [9.17, 15) is 14.4 Å². The molecule has 1 unspecified atom stereocenters. The maximum atomic E-state index is 13.2. The molecular weight excluding hydrogens is 376 g/mol. The number of hydrogen-bond acceptors (Lipinski definition) is 8. The minimum absolute atomic E-state index is 0.0182. The van der Waals surface area contributed by atoms with E-state index in [2.05, 4.69) is 10.2 Å². The molecule has 0 amide bonds. The molecule has 0 radical (unpaired) electrons. The first-order chi connectivity index (χ1) is 12.9. The van der Waals surface area contributed by atoms with Crippen molar-refractivity contribution in [3.05, 3.63) is 51.4 Å². The second-order valence-corrected chi connectivity index (χ2v) is 6.03. The average molecular weight is 391 g/mol. The van der Waals surface area contributed by atoms with Gasteiger partial charge in [-0.25, -0.2) is 4.79 Å². The zero-order valence-corrected chi connectivity index (χ0v) is 15.4. The standard InChI is InChI=1S/C17H15ClN4O5/c1-21-11-8-19-22(10-6-4-9(18)5-7-10)15(23)12(11)13(16(24)26-2)14(20-21)17(25)27-3/h4-8,13H,1-3H3. The molecule has 0 saturated carbocycles. The number of ether oxygens (including phenoxy) is 2. The van der Waals surface area contributed by atoms with Crippen LogP contribution in [-0.4, -0.2) is 48.7 Å². The van der Waals surface area contributed by atoms with Crippen LogP contribution < -0.4 is 10.6 Å². The topological polar surface area (TPSA) is 103 Å². The fourth-order valence-electron chi connectivity index (χ4n) is 2.77. The van der Waals surface area contributed by atoms with Gasteiger partial charge in [-0.2, -0.15) is 14.9 Å². The highest BCUT2D eigenvalue weighted by molar-refractivity contribution is 6.43. The van der Waals surface area contributed by atoms with E-state index in [1.807, 2.05) is 0 Å². The smallest absolute Gasteiger partial charge is 0.355 e. The van der Waals surface area contributed by atoms with Crippen LogP contribution in [-0.2, 0) is 19.1 Å². The van der Waals surface area contributed by atoms with Crippen molar-refractivity contribution in [3.63, 3.8) is 0 Å². The van der Waals surface area contributed by atoms with Crippen LogP contribution in [0.3, 0.4) is 0 Å². The Morgan fingerprint density at radius 1 is 1.15 bits per heavy atom. The van der Waals surface area contributed by atoms with Gasteiger partial charge >= 0.3 is 11.9 Å². The van der Waals surface area contributed by atoms with Crippen molar-refractivity contribution in [2.45, 2.75) is 5.92 Å². The van der Waals surface area contributed by atoms with Gasteiger partial charge < -0.3 is 9.47 Å². The van der Waals surface area contributed by atoms with Gasteiger partial charge in [0.2, 0.25) is 0 Å². The normalized spacial score (nSPS) is 15.6. The first-order valence-electron chi connectivity index (χ1n) is 7.75. The van der Waals surface area contributed by atoms with Crippen LogP contribution in [0.4, 0.5) is 5.69 Å². The lowest BCUT2D eigenvalue weighted by atomic mass is 9.92.